The van der Waals surface area contributed by atoms with Crippen molar-refractivity contribution in [2.45, 2.75) is 32.4 Å². The number of benzene rings is 1. The fourth-order valence-electron chi connectivity index (χ4n) is 2.51. The zero-order valence-corrected chi connectivity index (χ0v) is 14.2. The number of hydrogen-bond donors (Lipinski definition) is 3. The second-order valence-corrected chi connectivity index (χ2v) is 6.29. The Kier molecular flexibility index (Phi) is 5.28. The molecule has 0 radical (unpaired) electrons. The van der Waals surface area contributed by atoms with E-state index in [1.165, 1.54) is 0 Å². The van der Waals surface area contributed by atoms with Crippen LogP contribution in [0, 0.1) is 5.92 Å². The van der Waals surface area contributed by atoms with Gasteiger partial charge in [0.05, 0.1) is 6.04 Å². The van der Waals surface area contributed by atoms with Crippen molar-refractivity contribution in [3.05, 3.63) is 59.9 Å². The molecular weight excluding hydrogens is 316 g/mol. The Morgan fingerprint density at radius 1 is 1.20 bits per heavy atom. The molecule has 1 aromatic carbocycles. The number of amides is 3. The molecular formula is C19H22N4O2. The van der Waals surface area contributed by atoms with E-state index in [-0.39, 0.29) is 23.9 Å². The lowest BCUT2D eigenvalue weighted by atomic mass is 10.1. The van der Waals surface area contributed by atoms with Gasteiger partial charge < -0.3 is 16.0 Å². The van der Waals surface area contributed by atoms with Gasteiger partial charge in [0.15, 0.2) is 0 Å². The maximum absolute atomic E-state index is 12.1. The average molecular weight is 338 g/mol. The van der Waals surface area contributed by atoms with E-state index in [9.17, 15) is 9.59 Å². The molecule has 0 spiro atoms. The summed E-state index contributed by atoms with van der Waals surface area (Å²) in [6.07, 6.45) is 5.35. The quantitative estimate of drug-likeness (QED) is 0.757. The van der Waals surface area contributed by atoms with Gasteiger partial charge in [-0.3, -0.25) is 9.78 Å². The number of pyridine rings is 1. The van der Waals surface area contributed by atoms with E-state index in [0.29, 0.717) is 6.54 Å². The van der Waals surface area contributed by atoms with Crippen molar-refractivity contribution < 1.29 is 9.59 Å². The second kappa shape index (κ2) is 7.79. The molecule has 1 atom stereocenters. The van der Waals surface area contributed by atoms with Crippen molar-refractivity contribution in [2.24, 2.45) is 5.92 Å². The fraction of sp³-hybridized carbons (Fsp3) is 0.316. The lowest BCUT2D eigenvalue weighted by Gasteiger charge is -2.15. The first-order chi connectivity index (χ1) is 12.1. The van der Waals surface area contributed by atoms with Crippen molar-refractivity contribution in [2.75, 3.05) is 5.32 Å². The molecule has 1 saturated carbocycles. The topological polar surface area (TPSA) is 83.1 Å². The smallest absolute Gasteiger partial charge is 0.315 e. The molecule has 0 bridgehead atoms. The summed E-state index contributed by atoms with van der Waals surface area (Å²) in [7, 11) is 0. The summed E-state index contributed by atoms with van der Waals surface area (Å²) in [6.45, 7) is 2.31. The van der Waals surface area contributed by atoms with Crippen molar-refractivity contribution in [3.63, 3.8) is 0 Å². The minimum atomic E-state index is -0.239. The monoisotopic (exact) mass is 338 g/mol. The molecule has 1 aromatic heterocycles. The van der Waals surface area contributed by atoms with Crippen LogP contribution in [0.3, 0.4) is 0 Å². The highest BCUT2D eigenvalue weighted by atomic mass is 16.2. The number of carbonyl (C=O) groups is 2. The number of rotatable bonds is 6. The normalized spacial score (nSPS) is 14.4. The zero-order valence-electron chi connectivity index (χ0n) is 14.2. The van der Waals surface area contributed by atoms with Gasteiger partial charge in [0, 0.05) is 30.5 Å². The Hall–Kier alpha value is -2.89. The maximum Gasteiger partial charge on any atom is 0.315 e. The summed E-state index contributed by atoms with van der Waals surface area (Å²) < 4.78 is 0. The molecule has 0 saturated heterocycles. The van der Waals surface area contributed by atoms with Gasteiger partial charge in [0.1, 0.15) is 0 Å². The fourth-order valence-corrected chi connectivity index (χ4v) is 2.51. The van der Waals surface area contributed by atoms with Gasteiger partial charge in [0.2, 0.25) is 5.91 Å². The number of carbonyl (C=O) groups excluding carboxylic acids is 2. The van der Waals surface area contributed by atoms with Crippen LogP contribution in [0.15, 0.2) is 48.8 Å². The van der Waals surface area contributed by atoms with E-state index in [1.54, 1.807) is 12.4 Å². The van der Waals surface area contributed by atoms with E-state index >= 15 is 0 Å². The van der Waals surface area contributed by atoms with Crippen molar-refractivity contribution in [1.29, 1.82) is 0 Å². The number of hydrogen-bond acceptors (Lipinski definition) is 3. The van der Waals surface area contributed by atoms with Crippen LogP contribution in [0.1, 0.15) is 36.9 Å². The van der Waals surface area contributed by atoms with Gasteiger partial charge in [-0.25, -0.2) is 4.79 Å². The Bertz CT molecular complexity index is 744. The Morgan fingerprint density at radius 2 is 1.96 bits per heavy atom. The lowest BCUT2D eigenvalue weighted by Crippen LogP contribution is -2.36. The molecule has 2 aromatic rings. The van der Waals surface area contributed by atoms with Crippen molar-refractivity contribution in [3.8, 4) is 0 Å². The van der Waals surface area contributed by atoms with Crippen LogP contribution < -0.4 is 16.0 Å². The summed E-state index contributed by atoms with van der Waals surface area (Å²) in [4.78, 5) is 27.8. The summed E-state index contributed by atoms with van der Waals surface area (Å²) in [6, 6.07) is 10.9. The average Bonchev–Trinajstić information content (AvgIpc) is 3.46. The molecule has 3 N–H and O–H groups in total. The van der Waals surface area contributed by atoms with Crippen LogP contribution in [-0.2, 0) is 11.3 Å². The first-order valence-electron chi connectivity index (χ1n) is 8.46. The van der Waals surface area contributed by atoms with Gasteiger partial charge in [-0.1, -0.05) is 12.1 Å². The van der Waals surface area contributed by atoms with Crippen LogP contribution in [0.25, 0.3) is 0 Å². The number of nitrogens with zero attached hydrogens (tertiary/aromatic N) is 1. The van der Waals surface area contributed by atoms with E-state index in [1.807, 2.05) is 43.3 Å². The maximum atomic E-state index is 12.1. The van der Waals surface area contributed by atoms with Crippen LogP contribution >= 0.6 is 0 Å². The minimum absolute atomic E-state index is 0.0778. The predicted octanol–water partition coefficient (Wildman–Crippen LogP) is 2.99. The van der Waals surface area contributed by atoms with Crippen molar-refractivity contribution >= 4 is 17.6 Å². The van der Waals surface area contributed by atoms with E-state index in [2.05, 4.69) is 20.9 Å². The number of anilines is 1. The van der Waals surface area contributed by atoms with Crippen LogP contribution in [0.5, 0.6) is 0 Å². The lowest BCUT2D eigenvalue weighted by molar-refractivity contribution is -0.117. The molecule has 1 heterocycles. The van der Waals surface area contributed by atoms with E-state index in [4.69, 9.17) is 0 Å². The highest BCUT2D eigenvalue weighted by Crippen LogP contribution is 2.30. The Labute approximate surface area is 147 Å². The van der Waals surface area contributed by atoms with E-state index in [0.717, 1.165) is 29.7 Å². The predicted molar refractivity (Wildman–Crippen MR) is 95.8 cm³/mol. The van der Waals surface area contributed by atoms with Gasteiger partial charge in [-0.2, -0.15) is 0 Å². The molecule has 3 rings (SSSR count). The first-order valence-corrected chi connectivity index (χ1v) is 8.46. The third-order valence-corrected chi connectivity index (χ3v) is 4.15. The van der Waals surface area contributed by atoms with Gasteiger partial charge in [-0.15, -0.1) is 0 Å². The molecule has 6 nitrogen and oxygen atoms in total. The molecule has 25 heavy (non-hydrogen) atoms. The summed E-state index contributed by atoms with van der Waals surface area (Å²) in [5.41, 5.74) is 2.69. The summed E-state index contributed by atoms with van der Waals surface area (Å²) in [5.74, 6) is 0.247. The molecule has 1 aliphatic carbocycles. The van der Waals surface area contributed by atoms with Crippen molar-refractivity contribution in [1.82, 2.24) is 15.6 Å². The Morgan fingerprint density at radius 3 is 2.68 bits per heavy atom. The van der Waals surface area contributed by atoms with Crippen LogP contribution in [0.2, 0.25) is 0 Å². The molecule has 1 aliphatic rings. The largest absolute Gasteiger partial charge is 0.334 e. The molecule has 6 heteroatoms. The zero-order chi connectivity index (χ0) is 17.6. The Balaban J connectivity index is 1.49. The van der Waals surface area contributed by atoms with Gasteiger partial charge in [-0.05, 0) is 55.2 Å². The van der Waals surface area contributed by atoms with Crippen LogP contribution in [-0.4, -0.2) is 16.9 Å². The molecule has 0 unspecified atom stereocenters. The second-order valence-electron chi connectivity index (χ2n) is 6.29. The summed E-state index contributed by atoms with van der Waals surface area (Å²) in [5, 5.41) is 8.64. The van der Waals surface area contributed by atoms with E-state index < -0.39 is 0 Å². The standard InChI is InChI=1S/C19H22N4O2/c1-13(15-7-9-20-10-8-15)22-19(25)21-12-14-3-2-4-17(11-14)23-18(24)16-5-6-16/h2-4,7-11,13,16H,5-6,12H2,1H3,(H,23,24)(H2,21,22,25)/t13-/m1/s1. The minimum Gasteiger partial charge on any atom is -0.334 e. The summed E-state index contributed by atoms with van der Waals surface area (Å²) >= 11 is 0. The van der Waals surface area contributed by atoms with Gasteiger partial charge in [0.25, 0.3) is 0 Å². The molecule has 3 amide bonds. The van der Waals surface area contributed by atoms with Gasteiger partial charge >= 0.3 is 6.03 Å². The SMILES string of the molecule is C[C@@H](NC(=O)NCc1cccc(NC(=O)C2CC2)c1)c1ccncc1. The first kappa shape index (κ1) is 17.0. The number of urea groups is 1. The third-order valence-electron chi connectivity index (χ3n) is 4.15. The van der Waals surface area contributed by atoms with Crippen LogP contribution in [0.4, 0.5) is 10.5 Å². The molecule has 1 fully saturated rings. The number of nitrogens with one attached hydrogen (secondary N) is 3. The molecule has 0 aliphatic heterocycles. The third kappa shape index (κ3) is 5.04. The highest BCUT2D eigenvalue weighted by molar-refractivity contribution is 5.94. The number of aromatic nitrogens is 1. The highest BCUT2D eigenvalue weighted by Gasteiger charge is 2.29. The molecule has 130 valence electrons.